The molecule has 0 aliphatic carbocycles. The van der Waals surface area contributed by atoms with Crippen molar-refractivity contribution in [1.82, 2.24) is 4.98 Å². The number of aromatic nitrogens is 1. The van der Waals surface area contributed by atoms with Crippen LogP contribution in [0.15, 0.2) is 18.3 Å². The van der Waals surface area contributed by atoms with Crippen LogP contribution < -0.4 is 10.5 Å². The van der Waals surface area contributed by atoms with Gasteiger partial charge >= 0.3 is 0 Å². The smallest absolute Gasteiger partial charge is 0.166 e. The summed E-state index contributed by atoms with van der Waals surface area (Å²) in [5, 5.41) is 8.58. The molecule has 76 valence electrons. The highest BCUT2D eigenvalue weighted by molar-refractivity contribution is 5.56. The van der Waals surface area contributed by atoms with Crippen molar-refractivity contribution >= 4 is 11.9 Å². The fourth-order valence-electron chi connectivity index (χ4n) is 1.02. The van der Waals surface area contributed by atoms with Crippen LogP contribution in [-0.2, 0) is 0 Å². The molecular formula is C10H14N2O2. The molecule has 0 saturated carbocycles. The van der Waals surface area contributed by atoms with E-state index >= 15 is 0 Å². The maximum Gasteiger partial charge on any atom is 0.166 e. The highest BCUT2D eigenvalue weighted by atomic mass is 16.5. The number of aliphatic hydroxyl groups excluding tert-OH is 1. The molecule has 14 heavy (non-hydrogen) atoms. The van der Waals surface area contributed by atoms with E-state index in [0.717, 1.165) is 5.56 Å². The third kappa shape index (κ3) is 2.74. The molecule has 0 bridgehead atoms. The van der Waals surface area contributed by atoms with Gasteiger partial charge in [0.15, 0.2) is 11.6 Å². The molecule has 1 rings (SSSR count). The van der Waals surface area contributed by atoms with Gasteiger partial charge in [-0.25, -0.2) is 4.98 Å². The average molecular weight is 194 g/mol. The van der Waals surface area contributed by atoms with Crippen molar-refractivity contribution in [1.29, 1.82) is 0 Å². The first-order valence-electron chi connectivity index (χ1n) is 4.35. The number of anilines is 1. The minimum Gasteiger partial charge on any atom is -0.493 e. The maximum atomic E-state index is 8.58. The van der Waals surface area contributed by atoms with Gasteiger partial charge in [-0.1, -0.05) is 12.2 Å². The van der Waals surface area contributed by atoms with Gasteiger partial charge in [-0.05, 0) is 18.1 Å². The van der Waals surface area contributed by atoms with Crippen LogP contribution in [-0.4, -0.2) is 23.8 Å². The fraction of sp³-hybridized carbons (Fsp3) is 0.300. The third-order valence-corrected chi connectivity index (χ3v) is 1.73. The van der Waals surface area contributed by atoms with Crippen LogP contribution in [0.1, 0.15) is 12.0 Å². The van der Waals surface area contributed by atoms with E-state index in [0.29, 0.717) is 18.0 Å². The van der Waals surface area contributed by atoms with Crippen molar-refractivity contribution in [3.05, 3.63) is 23.9 Å². The van der Waals surface area contributed by atoms with Crippen molar-refractivity contribution in [2.45, 2.75) is 6.42 Å². The molecule has 0 amide bonds. The molecule has 0 radical (unpaired) electrons. The summed E-state index contributed by atoms with van der Waals surface area (Å²) in [4.78, 5) is 3.97. The lowest BCUT2D eigenvalue weighted by Gasteiger charge is -2.03. The van der Waals surface area contributed by atoms with Gasteiger partial charge in [-0.2, -0.15) is 0 Å². The lowest BCUT2D eigenvalue weighted by Crippen LogP contribution is -1.95. The number of hydrogen-bond donors (Lipinski definition) is 2. The van der Waals surface area contributed by atoms with Crippen LogP contribution in [0, 0.1) is 0 Å². The van der Waals surface area contributed by atoms with Crippen molar-refractivity contribution in [3.8, 4) is 5.75 Å². The molecular weight excluding hydrogens is 180 g/mol. The minimum absolute atomic E-state index is 0.149. The van der Waals surface area contributed by atoms with Gasteiger partial charge < -0.3 is 15.6 Å². The Morgan fingerprint density at radius 1 is 1.64 bits per heavy atom. The Hall–Kier alpha value is -1.55. The molecule has 0 unspecified atom stereocenters. The van der Waals surface area contributed by atoms with E-state index in [-0.39, 0.29) is 6.61 Å². The summed E-state index contributed by atoms with van der Waals surface area (Å²) in [5.41, 5.74) is 6.46. The first-order valence-corrected chi connectivity index (χ1v) is 4.35. The molecule has 0 aliphatic rings. The number of nitrogen functional groups attached to an aromatic ring is 1. The molecule has 4 heteroatoms. The topological polar surface area (TPSA) is 68.4 Å². The highest BCUT2D eigenvalue weighted by Gasteiger charge is 1.99. The zero-order chi connectivity index (χ0) is 10.4. The summed E-state index contributed by atoms with van der Waals surface area (Å²) in [7, 11) is 1.55. The Bertz CT molecular complexity index is 324. The fourth-order valence-corrected chi connectivity index (χ4v) is 1.02. The van der Waals surface area contributed by atoms with Gasteiger partial charge in [0, 0.05) is 12.8 Å². The molecule has 1 heterocycles. The monoisotopic (exact) mass is 194 g/mol. The van der Waals surface area contributed by atoms with Crippen molar-refractivity contribution < 1.29 is 9.84 Å². The van der Waals surface area contributed by atoms with E-state index in [1.54, 1.807) is 19.4 Å². The minimum atomic E-state index is 0.149. The van der Waals surface area contributed by atoms with E-state index in [1.807, 2.05) is 12.2 Å². The Labute approximate surface area is 83.0 Å². The first kappa shape index (κ1) is 10.5. The van der Waals surface area contributed by atoms with Gasteiger partial charge in [-0.3, -0.25) is 0 Å². The molecule has 3 N–H and O–H groups in total. The normalized spacial score (nSPS) is 10.7. The molecule has 0 fully saturated rings. The van der Waals surface area contributed by atoms with Gasteiger partial charge in [0.05, 0.1) is 7.11 Å². The van der Waals surface area contributed by atoms with Gasteiger partial charge in [0.25, 0.3) is 0 Å². The molecule has 0 atom stereocenters. The van der Waals surface area contributed by atoms with Gasteiger partial charge in [0.2, 0.25) is 0 Å². The quantitative estimate of drug-likeness (QED) is 0.752. The molecule has 1 aromatic heterocycles. The summed E-state index contributed by atoms with van der Waals surface area (Å²) < 4.78 is 5.02. The molecule has 0 aromatic carbocycles. The second-order valence-electron chi connectivity index (χ2n) is 2.77. The van der Waals surface area contributed by atoms with E-state index in [4.69, 9.17) is 15.6 Å². The first-order chi connectivity index (χ1) is 6.77. The van der Waals surface area contributed by atoms with Crippen molar-refractivity contribution in [3.63, 3.8) is 0 Å². The van der Waals surface area contributed by atoms with Crippen LogP contribution in [0.4, 0.5) is 5.82 Å². The lowest BCUT2D eigenvalue weighted by molar-refractivity contribution is 0.303. The molecule has 0 spiro atoms. The predicted molar refractivity (Wildman–Crippen MR) is 55.9 cm³/mol. The number of rotatable bonds is 4. The van der Waals surface area contributed by atoms with E-state index < -0.39 is 0 Å². The van der Waals surface area contributed by atoms with Crippen LogP contribution in [0.25, 0.3) is 6.08 Å². The lowest BCUT2D eigenvalue weighted by atomic mass is 10.2. The van der Waals surface area contributed by atoms with E-state index in [9.17, 15) is 0 Å². The van der Waals surface area contributed by atoms with Crippen molar-refractivity contribution in [2.24, 2.45) is 0 Å². The van der Waals surface area contributed by atoms with Crippen LogP contribution >= 0.6 is 0 Å². The zero-order valence-corrected chi connectivity index (χ0v) is 8.10. The molecule has 4 nitrogen and oxygen atoms in total. The second kappa shape index (κ2) is 5.24. The molecule has 0 aliphatic heterocycles. The number of pyridine rings is 1. The zero-order valence-electron chi connectivity index (χ0n) is 8.10. The predicted octanol–water partition coefficient (Wildman–Crippen LogP) is 1.07. The van der Waals surface area contributed by atoms with Crippen LogP contribution in [0.3, 0.4) is 0 Å². The largest absolute Gasteiger partial charge is 0.493 e. The Kier molecular flexibility index (Phi) is 3.94. The molecule has 0 saturated heterocycles. The Morgan fingerprint density at radius 3 is 3.07 bits per heavy atom. The number of hydrogen-bond acceptors (Lipinski definition) is 4. The number of methoxy groups -OCH3 is 1. The SMILES string of the molecule is COc1cc(C=CCCO)cnc1N. The van der Waals surface area contributed by atoms with E-state index in [2.05, 4.69) is 4.98 Å². The number of aliphatic hydroxyl groups is 1. The number of ether oxygens (including phenoxy) is 1. The van der Waals surface area contributed by atoms with Crippen LogP contribution in [0.2, 0.25) is 0 Å². The highest BCUT2D eigenvalue weighted by Crippen LogP contribution is 2.19. The third-order valence-electron chi connectivity index (χ3n) is 1.73. The van der Waals surface area contributed by atoms with Crippen molar-refractivity contribution in [2.75, 3.05) is 19.5 Å². The molecule has 1 aromatic rings. The summed E-state index contributed by atoms with van der Waals surface area (Å²) in [6, 6.07) is 1.80. The average Bonchev–Trinajstić information content (AvgIpc) is 2.21. The Balaban J connectivity index is 2.79. The van der Waals surface area contributed by atoms with Crippen LogP contribution in [0.5, 0.6) is 5.75 Å². The Morgan fingerprint density at radius 2 is 2.43 bits per heavy atom. The summed E-state index contributed by atoms with van der Waals surface area (Å²) >= 11 is 0. The maximum absolute atomic E-state index is 8.58. The summed E-state index contributed by atoms with van der Waals surface area (Å²) in [5.74, 6) is 0.947. The van der Waals surface area contributed by atoms with Gasteiger partial charge in [-0.15, -0.1) is 0 Å². The standard InChI is InChI=1S/C10H14N2O2/c1-14-9-6-8(4-2-3-5-13)7-12-10(9)11/h2,4,6-7,13H,3,5H2,1H3,(H2,11,12). The number of nitrogens with two attached hydrogens (primary N) is 1. The summed E-state index contributed by atoms with van der Waals surface area (Å²) in [6.45, 7) is 0.149. The van der Waals surface area contributed by atoms with E-state index in [1.165, 1.54) is 0 Å². The second-order valence-corrected chi connectivity index (χ2v) is 2.77. The summed E-state index contributed by atoms with van der Waals surface area (Å²) in [6.07, 6.45) is 6.02. The van der Waals surface area contributed by atoms with Gasteiger partial charge in [0.1, 0.15) is 0 Å². The number of nitrogens with zero attached hydrogens (tertiary/aromatic N) is 1.